The van der Waals surface area contributed by atoms with E-state index in [0.717, 1.165) is 65.7 Å². The van der Waals surface area contributed by atoms with Crippen molar-refractivity contribution in [3.63, 3.8) is 0 Å². The van der Waals surface area contributed by atoms with E-state index in [1.54, 1.807) is 12.3 Å². The lowest BCUT2D eigenvalue weighted by Crippen LogP contribution is -2.38. The van der Waals surface area contributed by atoms with Crippen molar-refractivity contribution in [2.75, 3.05) is 42.6 Å². The van der Waals surface area contributed by atoms with Crippen LogP contribution >= 0.6 is 11.6 Å². The first-order chi connectivity index (χ1) is 16.7. The zero-order valence-electron chi connectivity index (χ0n) is 18.4. The highest BCUT2D eigenvalue weighted by molar-refractivity contribution is 6.31. The lowest BCUT2D eigenvalue weighted by molar-refractivity contribution is 0.122. The summed E-state index contributed by atoms with van der Waals surface area (Å²) in [5.41, 5.74) is 4.42. The normalized spacial score (nSPS) is 18.1. The molecular formula is C25H22ClN7O. The molecule has 3 aromatic heterocycles. The minimum atomic E-state index is -0.165. The quantitative estimate of drug-likeness (QED) is 0.442. The summed E-state index contributed by atoms with van der Waals surface area (Å²) in [4.78, 5) is 25.3. The maximum absolute atomic E-state index is 7.37. The third kappa shape index (κ3) is 3.63. The Balaban J connectivity index is 1.46. The van der Waals surface area contributed by atoms with Crippen LogP contribution in [-0.4, -0.2) is 52.8 Å². The summed E-state index contributed by atoms with van der Waals surface area (Å²) in [5.74, 6) is 1.82. The van der Waals surface area contributed by atoms with Crippen LogP contribution in [0.4, 0.5) is 17.6 Å². The Hall–Kier alpha value is -3.67. The van der Waals surface area contributed by atoms with Crippen molar-refractivity contribution in [2.45, 2.75) is 12.5 Å². The number of hydrogen-bond donors (Lipinski definition) is 1. The fraction of sp³-hybridized carbons (Fsp3) is 0.280. The van der Waals surface area contributed by atoms with Gasteiger partial charge in [0.15, 0.2) is 0 Å². The SMILES string of the molecule is [C-]#[N+]c1ccnc(N2CCc3c([nH]c4ccc(Cl)cc34)C2c2ccc(N3CCOCC3)nc2)n1. The lowest BCUT2D eigenvalue weighted by atomic mass is 9.93. The van der Waals surface area contributed by atoms with E-state index in [9.17, 15) is 0 Å². The first-order valence-electron chi connectivity index (χ1n) is 11.3. The second-order valence-corrected chi connectivity index (χ2v) is 8.87. The van der Waals surface area contributed by atoms with Crippen LogP contribution in [0.5, 0.6) is 0 Å². The number of rotatable bonds is 3. The van der Waals surface area contributed by atoms with Gasteiger partial charge in [0.05, 0.1) is 13.2 Å². The molecule has 1 N–H and O–H groups in total. The lowest BCUT2D eigenvalue weighted by Gasteiger charge is -2.35. The van der Waals surface area contributed by atoms with Crippen molar-refractivity contribution < 1.29 is 4.74 Å². The molecule has 0 amide bonds. The molecule has 5 heterocycles. The third-order valence-electron chi connectivity index (χ3n) is 6.51. The van der Waals surface area contributed by atoms with Crippen LogP contribution in [-0.2, 0) is 11.2 Å². The molecular weight excluding hydrogens is 450 g/mol. The van der Waals surface area contributed by atoms with Gasteiger partial charge in [-0.25, -0.2) is 9.97 Å². The molecule has 4 aromatic rings. The van der Waals surface area contributed by atoms with Gasteiger partial charge >= 0.3 is 5.95 Å². The standard InChI is InChI=1S/C25H22ClN7O/c1-27-21-6-8-28-25(31-21)33-9-7-18-19-14-17(26)3-4-20(19)30-23(18)24(33)16-2-5-22(29-15-16)32-10-12-34-13-11-32/h2-6,8,14-15,24,30H,7,9-13H2. The molecule has 170 valence electrons. The summed E-state index contributed by atoms with van der Waals surface area (Å²) >= 11 is 6.32. The molecule has 1 unspecified atom stereocenters. The van der Waals surface area contributed by atoms with Crippen molar-refractivity contribution >= 4 is 40.1 Å². The van der Waals surface area contributed by atoms with Crippen molar-refractivity contribution in [1.82, 2.24) is 19.9 Å². The molecule has 1 fully saturated rings. The number of pyridine rings is 1. The number of halogens is 1. The molecule has 6 rings (SSSR count). The van der Waals surface area contributed by atoms with Crippen LogP contribution in [0.25, 0.3) is 15.7 Å². The zero-order chi connectivity index (χ0) is 23.1. The molecule has 0 saturated carbocycles. The second-order valence-electron chi connectivity index (χ2n) is 8.43. The number of benzene rings is 1. The van der Waals surface area contributed by atoms with E-state index in [-0.39, 0.29) is 6.04 Å². The summed E-state index contributed by atoms with van der Waals surface area (Å²) in [6.45, 7) is 11.2. The Bertz CT molecular complexity index is 1390. The molecule has 34 heavy (non-hydrogen) atoms. The second kappa shape index (κ2) is 8.60. The molecule has 0 aliphatic carbocycles. The summed E-state index contributed by atoms with van der Waals surface area (Å²) < 4.78 is 5.47. The zero-order valence-corrected chi connectivity index (χ0v) is 19.2. The Labute approximate surface area is 202 Å². The van der Waals surface area contributed by atoms with E-state index in [1.807, 2.05) is 24.4 Å². The maximum Gasteiger partial charge on any atom is 0.322 e. The molecule has 1 atom stereocenters. The minimum absolute atomic E-state index is 0.165. The van der Waals surface area contributed by atoms with Crippen molar-refractivity contribution in [3.8, 4) is 0 Å². The number of morpholine rings is 1. The number of ether oxygens (including phenoxy) is 1. The Morgan fingerprint density at radius 2 is 1.97 bits per heavy atom. The van der Waals surface area contributed by atoms with Crippen LogP contribution < -0.4 is 9.80 Å². The number of fused-ring (bicyclic) bond motifs is 3. The number of aromatic amines is 1. The van der Waals surface area contributed by atoms with Crippen molar-refractivity contribution in [2.24, 2.45) is 0 Å². The summed E-state index contributed by atoms with van der Waals surface area (Å²) in [5, 5.41) is 1.86. The molecule has 0 bridgehead atoms. The predicted molar refractivity (Wildman–Crippen MR) is 132 cm³/mol. The number of nitrogens with one attached hydrogen (secondary N) is 1. The van der Waals surface area contributed by atoms with Crippen LogP contribution in [0.3, 0.4) is 0 Å². The monoisotopic (exact) mass is 471 g/mol. The Morgan fingerprint density at radius 3 is 2.76 bits per heavy atom. The molecule has 9 heteroatoms. The number of aromatic nitrogens is 4. The number of hydrogen-bond acceptors (Lipinski definition) is 6. The fourth-order valence-electron chi connectivity index (χ4n) is 4.90. The average molecular weight is 472 g/mol. The number of nitrogens with zero attached hydrogens (tertiary/aromatic N) is 6. The van der Waals surface area contributed by atoms with Gasteiger partial charge in [-0.3, -0.25) is 0 Å². The summed E-state index contributed by atoms with van der Waals surface area (Å²) in [7, 11) is 0. The average Bonchev–Trinajstić information content (AvgIpc) is 3.26. The topological polar surface area (TPSA) is 74.5 Å². The molecule has 0 spiro atoms. The summed E-state index contributed by atoms with van der Waals surface area (Å²) in [6.07, 6.45) is 4.40. The smallest absolute Gasteiger partial charge is 0.322 e. The van der Waals surface area contributed by atoms with E-state index in [0.29, 0.717) is 18.3 Å². The van der Waals surface area contributed by atoms with Gasteiger partial charge in [0.1, 0.15) is 11.9 Å². The van der Waals surface area contributed by atoms with Crippen LogP contribution in [0.2, 0.25) is 5.02 Å². The predicted octanol–water partition coefficient (Wildman–Crippen LogP) is 4.55. The van der Waals surface area contributed by atoms with Gasteiger partial charge < -0.3 is 24.4 Å². The first-order valence-corrected chi connectivity index (χ1v) is 11.6. The Kier molecular flexibility index (Phi) is 5.28. The molecule has 8 nitrogen and oxygen atoms in total. The molecule has 1 saturated heterocycles. The van der Waals surface area contributed by atoms with Crippen LogP contribution in [0, 0.1) is 6.57 Å². The van der Waals surface area contributed by atoms with Gasteiger partial charge in [0, 0.05) is 53.6 Å². The van der Waals surface area contributed by atoms with Gasteiger partial charge in [-0.15, -0.1) is 0 Å². The van der Waals surface area contributed by atoms with Crippen molar-refractivity contribution in [1.29, 1.82) is 0 Å². The third-order valence-corrected chi connectivity index (χ3v) is 6.75. The van der Waals surface area contributed by atoms with E-state index >= 15 is 0 Å². The molecule has 2 aliphatic heterocycles. The largest absolute Gasteiger partial charge is 0.378 e. The van der Waals surface area contributed by atoms with Gasteiger partial charge in [0.25, 0.3) is 5.82 Å². The summed E-state index contributed by atoms with van der Waals surface area (Å²) in [6, 6.07) is 11.6. The highest BCUT2D eigenvalue weighted by Crippen LogP contribution is 2.40. The minimum Gasteiger partial charge on any atom is -0.378 e. The van der Waals surface area contributed by atoms with E-state index < -0.39 is 0 Å². The molecule has 1 aromatic carbocycles. The molecule has 0 radical (unpaired) electrons. The van der Waals surface area contributed by atoms with E-state index in [4.69, 9.17) is 27.9 Å². The number of anilines is 2. The number of H-pyrrole nitrogens is 1. The van der Waals surface area contributed by atoms with Gasteiger partial charge in [-0.05, 0) is 47.9 Å². The highest BCUT2D eigenvalue weighted by atomic mass is 35.5. The Morgan fingerprint density at radius 1 is 1.09 bits per heavy atom. The van der Waals surface area contributed by atoms with Crippen molar-refractivity contribution in [3.05, 3.63) is 82.1 Å². The van der Waals surface area contributed by atoms with E-state index in [1.165, 1.54) is 5.56 Å². The van der Waals surface area contributed by atoms with Gasteiger partial charge in [0.2, 0.25) is 0 Å². The van der Waals surface area contributed by atoms with E-state index in [2.05, 4.69) is 41.7 Å². The maximum atomic E-state index is 7.37. The van der Waals surface area contributed by atoms with Gasteiger partial charge in [-0.2, -0.15) is 0 Å². The fourth-order valence-corrected chi connectivity index (χ4v) is 5.07. The first kappa shape index (κ1) is 20.9. The highest BCUT2D eigenvalue weighted by Gasteiger charge is 2.35. The molecule has 2 aliphatic rings. The van der Waals surface area contributed by atoms with Gasteiger partial charge in [-0.1, -0.05) is 29.2 Å². The van der Waals surface area contributed by atoms with Crippen LogP contribution in [0.15, 0.2) is 48.8 Å². The van der Waals surface area contributed by atoms with Crippen LogP contribution in [0.1, 0.15) is 22.9 Å².